The van der Waals surface area contributed by atoms with Crippen LogP contribution in [0.1, 0.15) is 57.6 Å². The molecule has 0 bridgehead atoms. The fourth-order valence-electron chi connectivity index (χ4n) is 3.48. The van der Waals surface area contributed by atoms with Crippen molar-refractivity contribution in [2.24, 2.45) is 5.73 Å². The van der Waals surface area contributed by atoms with Gasteiger partial charge in [-0.15, -0.1) is 0 Å². The van der Waals surface area contributed by atoms with Crippen LogP contribution in [0.25, 0.3) is 0 Å². The summed E-state index contributed by atoms with van der Waals surface area (Å²) in [7, 11) is 0. The van der Waals surface area contributed by atoms with Crippen molar-refractivity contribution < 1.29 is 0 Å². The number of hydrogen-bond donors (Lipinski definition) is 1. The first-order chi connectivity index (χ1) is 9.65. The van der Waals surface area contributed by atoms with Crippen LogP contribution in [0.2, 0.25) is 0 Å². The van der Waals surface area contributed by atoms with E-state index in [9.17, 15) is 0 Å². The van der Waals surface area contributed by atoms with Crippen LogP contribution in [0.15, 0.2) is 28.7 Å². The van der Waals surface area contributed by atoms with Gasteiger partial charge in [0.25, 0.3) is 0 Å². The second kappa shape index (κ2) is 7.58. The van der Waals surface area contributed by atoms with Crippen LogP contribution in [-0.4, -0.2) is 23.5 Å². The molecule has 2 N–H and O–H groups in total. The molecule has 3 heteroatoms. The third kappa shape index (κ3) is 3.63. The van der Waals surface area contributed by atoms with Gasteiger partial charge in [0.2, 0.25) is 0 Å². The van der Waals surface area contributed by atoms with Gasteiger partial charge in [-0.05, 0) is 44.4 Å². The van der Waals surface area contributed by atoms with Gasteiger partial charge >= 0.3 is 0 Å². The minimum Gasteiger partial charge on any atom is -0.326 e. The number of benzene rings is 1. The molecule has 0 amide bonds. The van der Waals surface area contributed by atoms with Gasteiger partial charge in [-0.1, -0.05) is 53.9 Å². The molecular weight excluding hydrogens is 312 g/mol. The van der Waals surface area contributed by atoms with Crippen LogP contribution in [0.4, 0.5) is 0 Å². The van der Waals surface area contributed by atoms with Gasteiger partial charge in [0.1, 0.15) is 0 Å². The van der Waals surface area contributed by atoms with Gasteiger partial charge in [-0.3, -0.25) is 4.90 Å². The van der Waals surface area contributed by atoms with E-state index in [1.54, 1.807) is 0 Å². The minimum absolute atomic E-state index is 0.140. The Balaban J connectivity index is 2.33. The second-order valence-corrected chi connectivity index (χ2v) is 6.83. The van der Waals surface area contributed by atoms with E-state index >= 15 is 0 Å². The molecule has 112 valence electrons. The van der Waals surface area contributed by atoms with Crippen molar-refractivity contribution in [3.05, 3.63) is 34.3 Å². The Labute approximate surface area is 131 Å². The Morgan fingerprint density at radius 1 is 1.30 bits per heavy atom. The molecule has 2 rings (SSSR count). The molecule has 1 fully saturated rings. The van der Waals surface area contributed by atoms with Gasteiger partial charge in [0.05, 0.1) is 6.04 Å². The Morgan fingerprint density at radius 3 is 2.70 bits per heavy atom. The maximum Gasteiger partial charge on any atom is 0.0510 e. The lowest BCUT2D eigenvalue weighted by Crippen LogP contribution is -2.45. The first-order valence-corrected chi connectivity index (χ1v) is 8.70. The summed E-state index contributed by atoms with van der Waals surface area (Å²) >= 11 is 3.71. The molecule has 0 radical (unpaired) electrons. The molecule has 1 aromatic rings. The molecule has 3 atom stereocenters. The predicted octanol–water partition coefficient (Wildman–Crippen LogP) is 4.49. The highest BCUT2D eigenvalue weighted by molar-refractivity contribution is 9.10. The topological polar surface area (TPSA) is 29.3 Å². The summed E-state index contributed by atoms with van der Waals surface area (Å²) in [5, 5.41) is 0. The van der Waals surface area contributed by atoms with Crippen molar-refractivity contribution in [1.29, 1.82) is 0 Å². The van der Waals surface area contributed by atoms with Crippen LogP contribution in [0.5, 0.6) is 0 Å². The molecule has 0 spiro atoms. The van der Waals surface area contributed by atoms with Crippen molar-refractivity contribution in [2.45, 2.75) is 64.1 Å². The third-order valence-electron chi connectivity index (χ3n) is 4.47. The zero-order valence-corrected chi connectivity index (χ0v) is 14.3. The van der Waals surface area contributed by atoms with Crippen LogP contribution in [0.3, 0.4) is 0 Å². The lowest BCUT2D eigenvalue weighted by molar-refractivity contribution is 0.116. The van der Waals surface area contributed by atoms with Gasteiger partial charge in [-0.25, -0.2) is 0 Å². The Kier molecular flexibility index (Phi) is 6.06. The molecule has 0 aliphatic carbocycles. The molecule has 0 saturated carbocycles. The Morgan fingerprint density at radius 2 is 2.05 bits per heavy atom. The summed E-state index contributed by atoms with van der Waals surface area (Å²) in [5.41, 5.74) is 7.71. The summed E-state index contributed by atoms with van der Waals surface area (Å²) < 4.78 is 1.18. The smallest absolute Gasteiger partial charge is 0.0510 e. The number of nitrogens with zero attached hydrogens (tertiary/aromatic N) is 1. The van der Waals surface area contributed by atoms with Gasteiger partial charge in [0, 0.05) is 16.6 Å². The molecule has 2 nitrogen and oxygen atoms in total. The minimum atomic E-state index is 0.140. The second-order valence-electron chi connectivity index (χ2n) is 5.97. The zero-order chi connectivity index (χ0) is 14.5. The molecule has 1 aromatic carbocycles. The van der Waals surface area contributed by atoms with Crippen molar-refractivity contribution >= 4 is 15.9 Å². The van der Waals surface area contributed by atoms with Crippen LogP contribution >= 0.6 is 15.9 Å². The summed E-state index contributed by atoms with van der Waals surface area (Å²) in [6, 6.07) is 9.66. The van der Waals surface area contributed by atoms with Crippen molar-refractivity contribution in [3.8, 4) is 0 Å². The lowest BCUT2D eigenvalue weighted by Gasteiger charge is -2.39. The lowest BCUT2D eigenvalue weighted by atomic mass is 9.96. The highest BCUT2D eigenvalue weighted by Gasteiger charge is 2.31. The third-order valence-corrected chi connectivity index (χ3v) is 5.20. The van der Waals surface area contributed by atoms with Crippen LogP contribution in [-0.2, 0) is 0 Å². The van der Waals surface area contributed by atoms with Gasteiger partial charge < -0.3 is 5.73 Å². The van der Waals surface area contributed by atoms with E-state index in [1.165, 1.54) is 48.7 Å². The normalized spacial score (nSPS) is 24.1. The van der Waals surface area contributed by atoms with E-state index < -0.39 is 0 Å². The molecule has 0 aromatic heterocycles. The predicted molar refractivity (Wildman–Crippen MR) is 89.8 cm³/mol. The van der Waals surface area contributed by atoms with E-state index in [-0.39, 0.29) is 6.04 Å². The highest BCUT2D eigenvalue weighted by Crippen LogP contribution is 2.34. The SMILES string of the molecule is CCC1CCCCCN1C(c1ccccc1Br)C(C)N. The molecule has 1 aliphatic rings. The fourth-order valence-corrected chi connectivity index (χ4v) is 4.00. The first kappa shape index (κ1) is 16.0. The number of nitrogens with two attached hydrogens (primary N) is 1. The molecule has 3 unspecified atom stereocenters. The maximum atomic E-state index is 6.37. The van der Waals surface area contributed by atoms with E-state index in [0.717, 1.165) is 0 Å². The summed E-state index contributed by atoms with van der Waals surface area (Å²) in [6.45, 7) is 5.62. The monoisotopic (exact) mass is 338 g/mol. The molecular formula is C17H27BrN2. The van der Waals surface area contributed by atoms with Crippen molar-refractivity contribution in [3.63, 3.8) is 0 Å². The van der Waals surface area contributed by atoms with E-state index in [1.807, 2.05) is 0 Å². The van der Waals surface area contributed by atoms with Gasteiger partial charge in [-0.2, -0.15) is 0 Å². The Hall–Kier alpha value is -0.380. The summed E-state index contributed by atoms with van der Waals surface area (Å²) in [5.74, 6) is 0. The number of hydrogen-bond acceptors (Lipinski definition) is 2. The zero-order valence-electron chi connectivity index (χ0n) is 12.7. The molecule has 20 heavy (non-hydrogen) atoms. The average molecular weight is 339 g/mol. The Bertz CT molecular complexity index is 419. The van der Waals surface area contributed by atoms with Crippen molar-refractivity contribution in [1.82, 2.24) is 4.90 Å². The van der Waals surface area contributed by atoms with E-state index in [0.29, 0.717) is 12.1 Å². The number of likely N-dealkylation sites (tertiary alicyclic amines) is 1. The standard InChI is InChI=1S/C17H27BrN2/c1-3-14-9-5-4-8-12-20(14)17(13(2)19)15-10-6-7-11-16(15)18/h6-7,10-11,13-14,17H,3-5,8-9,12,19H2,1-2H3. The maximum absolute atomic E-state index is 6.37. The average Bonchev–Trinajstić information content (AvgIpc) is 2.66. The molecule has 1 saturated heterocycles. The van der Waals surface area contributed by atoms with Crippen LogP contribution in [0, 0.1) is 0 Å². The summed E-state index contributed by atoms with van der Waals surface area (Å²) in [4.78, 5) is 2.66. The number of halogens is 1. The fraction of sp³-hybridized carbons (Fsp3) is 0.647. The number of rotatable bonds is 4. The van der Waals surface area contributed by atoms with Gasteiger partial charge in [0.15, 0.2) is 0 Å². The van der Waals surface area contributed by atoms with E-state index in [2.05, 4.69) is 58.9 Å². The first-order valence-electron chi connectivity index (χ1n) is 7.91. The largest absolute Gasteiger partial charge is 0.326 e. The van der Waals surface area contributed by atoms with Crippen LogP contribution < -0.4 is 5.73 Å². The summed E-state index contributed by atoms with van der Waals surface area (Å²) in [6.07, 6.45) is 6.54. The van der Waals surface area contributed by atoms with Crippen molar-refractivity contribution in [2.75, 3.05) is 6.54 Å². The molecule has 1 aliphatic heterocycles. The quantitative estimate of drug-likeness (QED) is 0.876. The molecule has 1 heterocycles. The highest BCUT2D eigenvalue weighted by atomic mass is 79.9. The van der Waals surface area contributed by atoms with E-state index in [4.69, 9.17) is 5.73 Å².